The van der Waals surface area contributed by atoms with Crippen LogP contribution in [-0.2, 0) is 47.7 Å². The summed E-state index contributed by atoms with van der Waals surface area (Å²) in [5.41, 5.74) is 5.68. The van der Waals surface area contributed by atoms with Gasteiger partial charge in [0.1, 0.15) is 62.0 Å². The Kier molecular flexibility index (Phi) is 37.3. The third-order valence-electron chi connectivity index (χ3n) is 12.9. The summed E-state index contributed by atoms with van der Waals surface area (Å²) in [5.74, 6) is -3.81. The summed E-state index contributed by atoms with van der Waals surface area (Å²) >= 11 is 0. The van der Waals surface area contributed by atoms with Gasteiger partial charge in [-0.1, -0.05) is 160 Å². The van der Waals surface area contributed by atoms with E-state index in [4.69, 9.17) is 29.2 Å². The van der Waals surface area contributed by atoms with Gasteiger partial charge in [-0.25, -0.2) is 0 Å². The lowest BCUT2D eigenvalue weighted by Gasteiger charge is -2.34. The number of aliphatic hydroxyl groups is 10. The van der Waals surface area contributed by atoms with Crippen molar-refractivity contribution in [2.45, 2.75) is 189 Å². The molecule has 0 bridgehead atoms. The average Bonchev–Trinajstić information content (AvgIpc) is 3.43. The number of aldehydes is 1. The third-order valence-corrected chi connectivity index (χ3v) is 12.9. The predicted octanol–water partition coefficient (Wildman–Crippen LogP) is 5.19. The molecule has 0 fully saturated rings. The van der Waals surface area contributed by atoms with Crippen molar-refractivity contribution >= 4 is 35.9 Å². The Balaban J connectivity index is 0.0000332. The Morgan fingerprint density at radius 2 is 1.01 bits per heavy atom. The maximum absolute atomic E-state index is 13.0. The number of hydrogen-bond donors (Lipinski definition) is 10. The van der Waals surface area contributed by atoms with Crippen molar-refractivity contribution in [1.82, 2.24) is 0 Å². The highest BCUT2D eigenvalue weighted by atomic mass is 16.6. The van der Waals surface area contributed by atoms with Gasteiger partial charge in [0.15, 0.2) is 24.3 Å². The van der Waals surface area contributed by atoms with Gasteiger partial charge >= 0.3 is 23.9 Å². The Hall–Kier alpha value is -6.04. The van der Waals surface area contributed by atoms with Crippen molar-refractivity contribution in [3.63, 3.8) is 0 Å². The predicted molar refractivity (Wildman–Crippen MR) is 313 cm³/mol. The zero-order valence-electron chi connectivity index (χ0n) is 50.3. The Bertz CT molecular complexity index is 2420. The SMILES string of the molecule is CC.CC(C)=C(/C=C/C(C)=C/C=C/C(C)=C/C=C/C=C(C)/C=C/C=C(C)/C=C/CC1=CC(=O)C(OC(=O)CCC(=O)OCC(O)C(O)C(O)C(O)CO)CC1(C)C)C(C)(C)CC(C=O)OC(=O)CCC(=O)OCC(O)C(O)C(O)C(O)CO. The van der Waals surface area contributed by atoms with Crippen LogP contribution < -0.4 is 0 Å². The average molecular weight is 1170 g/mol. The topological polar surface area (TPSA) is 342 Å². The lowest BCUT2D eigenvalue weighted by molar-refractivity contribution is -0.161. The summed E-state index contributed by atoms with van der Waals surface area (Å²) in [6, 6.07) is 0. The molecule has 0 saturated heterocycles. The Morgan fingerprint density at radius 1 is 0.602 bits per heavy atom. The van der Waals surface area contributed by atoms with Gasteiger partial charge in [-0.15, -0.1) is 0 Å². The van der Waals surface area contributed by atoms with Crippen LogP contribution in [0.3, 0.4) is 0 Å². The van der Waals surface area contributed by atoms with E-state index in [9.17, 15) is 69.6 Å². The molecule has 0 heterocycles. The molecule has 10 unspecified atom stereocenters. The molecule has 10 N–H and O–H groups in total. The second-order valence-electron chi connectivity index (χ2n) is 21.5. The normalized spacial score (nSPS) is 18.8. The molecule has 0 radical (unpaired) electrons. The Labute approximate surface area is 489 Å². The van der Waals surface area contributed by atoms with Gasteiger partial charge in [0.2, 0.25) is 0 Å². The molecule has 1 aliphatic rings. The van der Waals surface area contributed by atoms with E-state index in [2.05, 4.69) is 0 Å². The van der Waals surface area contributed by atoms with E-state index in [1.165, 1.54) is 6.08 Å². The second-order valence-corrected chi connectivity index (χ2v) is 21.5. The van der Waals surface area contributed by atoms with E-state index < -0.39 is 148 Å². The first kappa shape index (κ1) is 77.0. The lowest BCUT2D eigenvalue weighted by Crippen LogP contribution is -2.47. The fraction of sp³-hybridized carbons (Fsp3) is 0.556. The van der Waals surface area contributed by atoms with E-state index in [0.717, 1.165) is 39.0 Å². The van der Waals surface area contributed by atoms with Gasteiger partial charge in [0, 0.05) is 12.8 Å². The van der Waals surface area contributed by atoms with Crippen molar-refractivity contribution in [1.29, 1.82) is 0 Å². The van der Waals surface area contributed by atoms with Crippen LogP contribution >= 0.6 is 0 Å². The highest BCUT2D eigenvalue weighted by Crippen LogP contribution is 2.39. The highest BCUT2D eigenvalue weighted by Gasteiger charge is 2.38. The van der Waals surface area contributed by atoms with Crippen LogP contribution in [0.2, 0.25) is 0 Å². The van der Waals surface area contributed by atoms with Crippen LogP contribution in [0.5, 0.6) is 0 Å². The molecule has 0 amide bonds. The summed E-state index contributed by atoms with van der Waals surface area (Å²) < 4.78 is 20.4. The van der Waals surface area contributed by atoms with E-state index in [-0.39, 0.29) is 18.6 Å². The van der Waals surface area contributed by atoms with Crippen molar-refractivity contribution in [2.75, 3.05) is 26.4 Å². The van der Waals surface area contributed by atoms with Crippen molar-refractivity contribution in [3.8, 4) is 0 Å². The number of carbonyl (C=O) groups excluding carboxylic acids is 6. The van der Waals surface area contributed by atoms with Gasteiger partial charge in [-0.05, 0) is 70.4 Å². The molecule has 20 nitrogen and oxygen atoms in total. The fourth-order valence-electron chi connectivity index (χ4n) is 7.99. The first-order chi connectivity index (χ1) is 38.9. The van der Waals surface area contributed by atoms with Gasteiger partial charge in [0.25, 0.3) is 0 Å². The zero-order chi connectivity index (χ0) is 63.6. The summed E-state index contributed by atoms with van der Waals surface area (Å²) in [4.78, 5) is 74.3. The van der Waals surface area contributed by atoms with E-state index in [1.807, 2.05) is 168 Å². The van der Waals surface area contributed by atoms with E-state index in [1.54, 1.807) is 0 Å². The van der Waals surface area contributed by atoms with Crippen LogP contribution in [0.1, 0.15) is 128 Å². The monoisotopic (exact) mass is 1170 g/mol. The quantitative estimate of drug-likeness (QED) is 0.0169. The summed E-state index contributed by atoms with van der Waals surface area (Å²) in [5, 5.41) is 95.5. The van der Waals surface area contributed by atoms with Gasteiger partial charge in [0.05, 0.1) is 38.9 Å². The minimum absolute atomic E-state index is 0.154. The van der Waals surface area contributed by atoms with E-state index >= 15 is 0 Å². The molecule has 1 aliphatic carbocycles. The minimum atomic E-state index is -1.92. The van der Waals surface area contributed by atoms with Crippen LogP contribution in [-0.4, -0.2) is 174 Å². The minimum Gasteiger partial charge on any atom is -0.463 e. The van der Waals surface area contributed by atoms with Gasteiger partial charge in [-0.3, -0.25) is 28.8 Å². The zero-order valence-corrected chi connectivity index (χ0v) is 50.3. The second kappa shape index (κ2) is 40.3. The molecule has 83 heavy (non-hydrogen) atoms. The summed E-state index contributed by atoms with van der Waals surface area (Å²) in [6.45, 7) is 20.3. The molecule has 0 saturated carbocycles. The fourth-order valence-corrected chi connectivity index (χ4v) is 7.99. The molecule has 0 aliphatic heterocycles. The molecule has 0 spiro atoms. The molecular weight excluding hydrogens is 1080 g/mol. The standard InChI is InChI=1S/C61H88O20.C2H6/c1-38(2)45(61(9,10)31-44(33-62)80-54(72)28-26-52(70)78-36-49(68)58(76)56(74)47(66)34-63)25-24-42(6)21-14-19-40(4)17-12-11-16-39(3)18-13-20-41(5)22-15-23-43-30-46(65)51(32-60(43,7)8)81-55(73)29-27-53(71)79-37-50(69)59(77)57(75)48(67)35-64;1-2/h11-22,24-25,30,33,44,47-51,56-59,63-64,66-69,74-77H,23,26-29,31-32,34-37H2,1-10H3;1-2H3/b12-11+,18-13+,19-14+,22-15+,25-24+,39-16+,40-17+,41-20+,42-21+;. The number of rotatable bonds is 35. The highest BCUT2D eigenvalue weighted by molar-refractivity contribution is 5.97. The smallest absolute Gasteiger partial charge is 0.307 e. The number of carbonyl (C=O) groups is 6. The molecule has 0 aromatic carbocycles. The molecular formula is C63H94O20. The number of aliphatic hydroxyl groups excluding tert-OH is 10. The summed E-state index contributed by atoms with van der Waals surface area (Å²) in [7, 11) is 0. The van der Waals surface area contributed by atoms with Crippen LogP contribution in [0.15, 0.2) is 130 Å². The Morgan fingerprint density at radius 3 is 1.46 bits per heavy atom. The molecule has 1 rings (SSSR count). The molecule has 0 aromatic rings. The largest absolute Gasteiger partial charge is 0.463 e. The van der Waals surface area contributed by atoms with Crippen molar-refractivity contribution in [2.24, 2.45) is 10.8 Å². The van der Waals surface area contributed by atoms with Gasteiger partial charge in [-0.2, -0.15) is 0 Å². The molecule has 0 aromatic heterocycles. The van der Waals surface area contributed by atoms with Gasteiger partial charge < -0.3 is 70.0 Å². The third kappa shape index (κ3) is 30.9. The number of ketones is 1. The van der Waals surface area contributed by atoms with Crippen LogP contribution in [0.25, 0.3) is 0 Å². The maximum Gasteiger partial charge on any atom is 0.307 e. The first-order valence-corrected chi connectivity index (χ1v) is 27.7. The number of esters is 4. The summed E-state index contributed by atoms with van der Waals surface area (Å²) in [6.07, 6.45) is 11.9. The molecule has 20 heteroatoms. The van der Waals surface area contributed by atoms with Crippen LogP contribution in [0.4, 0.5) is 0 Å². The number of allylic oxidation sites excluding steroid dienone is 21. The lowest BCUT2D eigenvalue weighted by atomic mass is 9.73. The van der Waals surface area contributed by atoms with Crippen molar-refractivity contribution < 1.29 is 98.8 Å². The number of ether oxygens (including phenoxy) is 4. The molecule has 466 valence electrons. The molecule has 10 atom stereocenters. The maximum atomic E-state index is 13.0. The first-order valence-electron chi connectivity index (χ1n) is 27.7. The van der Waals surface area contributed by atoms with Crippen LogP contribution in [0, 0.1) is 10.8 Å². The van der Waals surface area contributed by atoms with Crippen molar-refractivity contribution in [3.05, 3.63) is 130 Å². The number of hydrogen-bond acceptors (Lipinski definition) is 20. The van der Waals surface area contributed by atoms with E-state index in [0.29, 0.717) is 12.7 Å².